The van der Waals surface area contributed by atoms with Crippen molar-refractivity contribution < 1.29 is 9.59 Å². The Labute approximate surface area is 208 Å². The van der Waals surface area contributed by atoms with Crippen LogP contribution >= 0.6 is 0 Å². The van der Waals surface area contributed by atoms with E-state index >= 15 is 0 Å². The first kappa shape index (κ1) is 25.4. The summed E-state index contributed by atoms with van der Waals surface area (Å²) in [6.45, 7) is 7.46. The van der Waals surface area contributed by atoms with Gasteiger partial charge >= 0.3 is 0 Å². The summed E-state index contributed by atoms with van der Waals surface area (Å²) in [6, 6.07) is 5.72. The lowest BCUT2D eigenvalue weighted by atomic mass is 10.0. The van der Waals surface area contributed by atoms with Gasteiger partial charge in [-0.2, -0.15) is 0 Å². The largest absolute Gasteiger partial charge is 0.345 e. The zero-order valence-corrected chi connectivity index (χ0v) is 21.3. The Hall–Kier alpha value is -2.74. The molecule has 1 aromatic carbocycles. The molecule has 190 valence electrons. The number of fused-ring (bicyclic) bond motifs is 2. The molecule has 3 heterocycles. The second kappa shape index (κ2) is 12.3. The van der Waals surface area contributed by atoms with Crippen molar-refractivity contribution in [2.75, 3.05) is 18.0 Å². The van der Waals surface area contributed by atoms with Gasteiger partial charge in [0.1, 0.15) is 5.82 Å². The Morgan fingerprint density at radius 2 is 1.77 bits per heavy atom. The standard InChI is InChI=1S/C27H40N6O2/c1-20(2)27(35)32-15-9-5-3-4-8-14-28-18-22-17-21(12-13-23(22)32)26(34)29-19-25-31-30-24-11-7-6-10-16-33(24)25/h12-13,17,20,28H,3-11,14-16,18-19H2,1-2H3,(H,29,34). The van der Waals surface area contributed by atoms with Crippen LogP contribution in [-0.4, -0.2) is 39.7 Å². The zero-order chi connectivity index (χ0) is 24.6. The molecular formula is C27H40N6O2. The highest BCUT2D eigenvalue weighted by atomic mass is 16.2. The third-order valence-electron chi connectivity index (χ3n) is 7.04. The maximum absolute atomic E-state index is 13.1. The number of carbonyl (C=O) groups excluding carboxylic acids is 2. The van der Waals surface area contributed by atoms with E-state index in [1.54, 1.807) is 0 Å². The van der Waals surface area contributed by atoms with Crippen molar-refractivity contribution in [1.82, 2.24) is 25.4 Å². The highest BCUT2D eigenvalue weighted by Gasteiger charge is 2.23. The minimum absolute atomic E-state index is 0.0787. The van der Waals surface area contributed by atoms with Gasteiger partial charge in [0.05, 0.1) is 6.54 Å². The van der Waals surface area contributed by atoms with Crippen LogP contribution in [0.4, 0.5) is 5.69 Å². The van der Waals surface area contributed by atoms with Gasteiger partial charge in [0.15, 0.2) is 5.82 Å². The topological polar surface area (TPSA) is 92.2 Å². The van der Waals surface area contributed by atoms with Crippen LogP contribution in [0.25, 0.3) is 0 Å². The Kier molecular flexibility index (Phi) is 8.90. The third kappa shape index (κ3) is 6.48. The van der Waals surface area contributed by atoms with Gasteiger partial charge in [0.2, 0.25) is 5.91 Å². The van der Waals surface area contributed by atoms with Crippen LogP contribution in [-0.2, 0) is 30.8 Å². The van der Waals surface area contributed by atoms with Crippen molar-refractivity contribution in [2.24, 2.45) is 5.92 Å². The van der Waals surface area contributed by atoms with Gasteiger partial charge in [-0.05, 0) is 56.0 Å². The number of hydrogen-bond donors (Lipinski definition) is 2. The van der Waals surface area contributed by atoms with Crippen molar-refractivity contribution in [3.63, 3.8) is 0 Å². The summed E-state index contributed by atoms with van der Waals surface area (Å²) in [5, 5.41) is 15.2. The Morgan fingerprint density at radius 3 is 2.63 bits per heavy atom. The number of benzene rings is 1. The van der Waals surface area contributed by atoms with Gasteiger partial charge in [-0.25, -0.2) is 0 Å². The maximum Gasteiger partial charge on any atom is 0.251 e. The van der Waals surface area contributed by atoms with Crippen LogP contribution in [0.1, 0.15) is 92.8 Å². The normalized spacial score (nSPS) is 17.5. The summed E-state index contributed by atoms with van der Waals surface area (Å²) in [5.74, 6) is 1.76. The molecule has 0 bridgehead atoms. The first-order chi connectivity index (χ1) is 17.0. The lowest BCUT2D eigenvalue weighted by Gasteiger charge is -2.28. The maximum atomic E-state index is 13.1. The van der Waals surface area contributed by atoms with E-state index in [2.05, 4.69) is 25.4 Å². The molecule has 2 amide bonds. The summed E-state index contributed by atoms with van der Waals surface area (Å²) in [4.78, 5) is 28.1. The van der Waals surface area contributed by atoms with Crippen molar-refractivity contribution in [3.8, 4) is 0 Å². The number of anilines is 1. The van der Waals surface area contributed by atoms with Crippen LogP contribution in [0.3, 0.4) is 0 Å². The first-order valence-corrected chi connectivity index (χ1v) is 13.4. The molecule has 1 aromatic heterocycles. The minimum atomic E-state index is -0.133. The van der Waals surface area contributed by atoms with Gasteiger partial charge in [-0.1, -0.05) is 39.5 Å². The Morgan fingerprint density at radius 1 is 1.00 bits per heavy atom. The molecule has 4 rings (SSSR count). The lowest BCUT2D eigenvalue weighted by molar-refractivity contribution is -0.121. The number of rotatable bonds is 4. The SMILES string of the molecule is CC(C)C(=O)N1CCCCCCCNCc2cc(C(=O)NCc3nnc4n3CCCCC4)ccc21. The molecule has 35 heavy (non-hydrogen) atoms. The molecule has 0 unspecified atom stereocenters. The first-order valence-electron chi connectivity index (χ1n) is 13.4. The summed E-state index contributed by atoms with van der Waals surface area (Å²) >= 11 is 0. The quantitative estimate of drug-likeness (QED) is 0.691. The van der Waals surface area contributed by atoms with E-state index in [1.165, 1.54) is 19.3 Å². The number of amides is 2. The molecule has 0 atom stereocenters. The van der Waals surface area contributed by atoms with Crippen molar-refractivity contribution in [2.45, 2.75) is 91.3 Å². The van der Waals surface area contributed by atoms with E-state index in [4.69, 9.17) is 0 Å². The van der Waals surface area contributed by atoms with E-state index in [-0.39, 0.29) is 17.7 Å². The van der Waals surface area contributed by atoms with Crippen LogP contribution in [0.15, 0.2) is 18.2 Å². The van der Waals surface area contributed by atoms with Crippen molar-refractivity contribution >= 4 is 17.5 Å². The minimum Gasteiger partial charge on any atom is -0.345 e. The lowest BCUT2D eigenvalue weighted by Crippen LogP contribution is -2.36. The van der Waals surface area contributed by atoms with Crippen LogP contribution < -0.4 is 15.5 Å². The molecule has 2 aromatic rings. The summed E-state index contributed by atoms with van der Waals surface area (Å²) in [5.41, 5.74) is 2.50. The van der Waals surface area contributed by atoms with Crippen LogP contribution in [0.5, 0.6) is 0 Å². The van der Waals surface area contributed by atoms with Crippen LogP contribution in [0.2, 0.25) is 0 Å². The monoisotopic (exact) mass is 480 g/mol. The predicted molar refractivity (Wildman–Crippen MR) is 137 cm³/mol. The molecule has 0 radical (unpaired) electrons. The molecule has 0 spiro atoms. The fourth-order valence-electron chi connectivity index (χ4n) is 5.00. The number of hydrogen-bond acceptors (Lipinski definition) is 5. The van der Waals surface area contributed by atoms with E-state index < -0.39 is 0 Å². The Balaban J connectivity index is 1.53. The van der Waals surface area contributed by atoms with E-state index in [0.29, 0.717) is 25.2 Å². The molecule has 2 aliphatic heterocycles. The molecule has 8 heteroatoms. The second-order valence-corrected chi connectivity index (χ2v) is 10.1. The highest BCUT2D eigenvalue weighted by Crippen LogP contribution is 2.26. The van der Waals surface area contributed by atoms with Gasteiger partial charge < -0.3 is 20.1 Å². The number of aromatic nitrogens is 3. The molecule has 2 N–H and O–H groups in total. The van der Waals surface area contributed by atoms with E-state index in [9.17, 15) is 9.59 Å². The molecule has 0 aliphatic carbocycles. The fraction of sp³-hybridized carbons (Fsp3) is 0.630. The average molecular weight is 481 g/mol. The number of nitrogens with zero attached hydrogens (tertiary/aromatic N) is 4. The van der Waals surface area contributed by atoms with Gasteiger partial charge in [-0.3, -0.25) is 9.59 Å². The Bertz CT molecular complexity index is 1020. The number of carbonyl (C=O) groups is 2. The second-order valence-electron chi connectivity index (χ2n) is 10.1. The summed E-state index contributed by atoms with van der Waals surface area (Å²) < 4.78 is 2.16. The smallest absolute Gasteiger partial charge is 0.251 e. The zero-order valence-electron chi connectivity index (χ0n) is 21.3. The van der Waals surface area contributed by atoms with Gasteiger partial charge in [0, 0.05) is 43.2 Å². The van der Waals surface area contributed by atoms with Crippen molar-refractivity contribution in [3.05, 3.63) is 41.0 Å². The fourth-order valence-corrected chi connectivity index (χ4v) is 5.00. The van der Waals surface area contributed by atoms with Crippen molar-refractivity contribution in [1.29, 1.82) is 0 Å². The molecule has 0 saturated carbocycles. The van der Waals surface area contributed by atoms with Gasteiger partial charge in [0.25, 0.3) is 5.91 Å². The predicted octanol–water partition coefficient (Wildman–Crippen LogP) is 3.98. The molecular weight excluding hydrogens is 440 g/mol. The average Bonchev–Trinajstić information content (AvgIpc) is 3.08. The van der Waals surface area contributed by atoms with Gasteiger partial charge in [-0.15, -0.1) is 10.2 Å². The summed E-state index contributed by atoms with van der Waals surface area (Å²) in [7, 11) is 0. The van der Waals surface area contributed by atoms with Crippen LogP contribution in [0, 0.1) is 5.92 Å². The highest BCUT2D eigenvalue weighted by molar-refractivity contribution is 5.98. The summed E-state index contributed by atoms with van der Waals surface area (Å²) in [6.07, 6.45) is 10.1. The molecule has 0 saturated heterocycles. The number of nitrogens with one attached hydrogen (secondary N) is 2. The van der Waals surface area contributed by atoms with E-state index in [0.717, 1.165) is 74.5 Å². The molecule has 8 nitrogen and oxygen atoms in total. The third-order valence-corrected chi connectivity index (χ3v) is 7.04. The number of aryl methyl sites for hydroxylation is 1. The van der Waals surface area contributed by atoms with E-state index in [1.807, 2.05) is 36.9 Å². The molecule has 0 fully saturated rings. The molecule has 2 aliphatic rings.